The number of hydrogen-bond acceptors (Lipinski definition) is 5. The van der Waals surface area contributed by atoms with Gasteiger partial charge in [-0.15, -0.1) is 11.3 Å². The fourth-order valence-electron chi connectivity index (χ4n) is 3.46. The van der Waals surface area contributed by atoms with Gasteiger partial charge in [0, 0.05) is 38.4 Å². The summed E-state index contributed by atoms with van der Waals surface area (Å²) < 4.78 is 0. The van der Waals surface area contributed by atoms with Crippen molar-refractivity contribution < 1.29 is 9.59 Å². The zero-order valence-electron chi connectivity index (χ0n) is 17.4. The van der Waals surface area contributed by atoms with E-state index in [4.69, 9.17) is 0 Å². The van der Waals surface area contributed by atoms with E-state index in [9.17, 15) is 9.59 Å². The lowest BCUT2D eigenvalue weighted by Gasteiger charge is -2.35. The normalized spacial score (nSPS) is 15.9. The molecule has 2 heterocycles. The fraction of sp³-hybridized carbons (Fsp3) is 0.455. The molecule has 0 aliphatic carbocycles. The lowest BCUT2D eigenvalue weighted by molar-refractivity contribution is -0.124. The molecule has 1 aromatic carbocycles. The first-order chi connectivity index (χ1) is 14.0. The van der Waals surface area contributed by atoms with Gasteiger partial charge in [0.1, 0.15) is 6.04 Å². The van der Waals surface area contributed by atoms with E-state index in [2.05, 4.69) is 39.6 Å². The molecule has 1 aliphatic heterocycles. The van der Waals surface area contributed by atoms with Gasteiger partial charge in [-0.3, -0.25) is 9.59 Å². The van der Waals surface area contributed by atoms with Crippen molar-refractivity contribution in [2.75, 3.05) is 38.1 Å². The second kappa shape index (κ2) is 9.89. The van der Waals surface area contributed by atoms with Gasteiger partial charge in [-0.2, -0.15) is 0 Å². The van der Waals surface area contributed by atoms with Gasteiger partial charge in [-0.05, 0) is 36.0 Å². The van der Waals surface area contributed by atoms with Crippen molar-refractivity contribution in [2.45, 2.75) is 26.4 Å². The molecular weight excluding hydrogens is 384 g/mol. The minimum absolute atomic E-state index is 0.00760. The molecule has 6 nitrogen and oxygen atoms in total. The third kappa shape index (κ3) is 5.58. The minimum Gasteiger partial charge on any atom is -0.369 e. The molecule has 156 valence electrons. The number of nitrogens with zero attached hydrogens (tertiary/aromatic N) is 2. The summed E-state index contributed by atoms with van der Waals surface area (Å²) in [6.07, 6.45) is 0. The molecule has 0 radical (unpaired) electrons. The predicted octanol–water partition coefficient (Wildman–Crippen LogP) is 2.57. The van der Waals surface area contributed by atoms with Gasteiger partial charge in [0.2, 0.25) is 5.91 Å². The number of piperazine rings is 1. The maximum absolute atomic E-state index is 12.9. The lowest BCUT2D eigenvalue weighted by atomic mass is 10.0. The average Bonchev–Trinajstić information content (AvgIpc) is 3.26. The second-order valence-corrected chi connectivity index (χ2v) is 8.76. The number of amides is 2. The van der Waals surface area contributed by atoms with Crippen LogP contribution in [-0.4, -0.2) is 56.0 Å². The van der Waals surface area contributed by atoms with Gasteiger partial charge < -0.3 is 20.4 Å². The van der Waals surface area contributed by atoms with Crippen LogP contribution in [-0.2, 0) is 11.3 Å². The van der Waals surface area contributed by atoms with Crippen molar-refractivity contribution in [2.24, 2.45) is 5.92 Å². The van der Waals surface area contributed by atoms with E-state index < -0.39 is 6.04 Å². The number of nitrogens with one attached hydrogen (secondary N) is 2. The van der Waals surface area contributed by atoms with Crippen LogP contribution in [0.4, 0.5) is 5.69 Å². The molecule has 7 heteroatoms. The highest BCUT2D eigenvalue weighted by Crippen LogP contribution is 2.21. The zero-order valence-corrected chi connectivity index (χ0v) is 18.2. The molecule has 1 fully saturated rings. The Bertz CT molecular complexity index is 814. The van der Waals surface area contributed by atoms with Crippen LogP contribution in [0.25, 0.3) is 0 Å². The Kier molecular flexibility index (Phi) is 7.28. The number of para-hydroxylation sites is 1. The summed E-state index contributed by atoms with van der Waals surface area (Å²) in [5, 5.41) is 7.77. The van der Waals surface area contributed by atoms with Crippen molar-refractivity contribution in [1.29, 1.82) is 0 Å². The first-order valence-corrected chi connectivity index (χ1v) is 11.0. The Morgan fingerprint density at radius 3 is 2.45 bits per heavy atom. The number of hydrogen-bond donors (Lipinski definition) is 2. The first kappa shape index (κ1) is 21.3. The molecule has 2 amide bonds. The van der Waals surface area contributed by atoms with E-state index in [1.807, 2.05) is 37.4 Å². The SMILES string of the molecule is CC(C)C(NC(=O)c1cccs1)C(=O)NCc1ccccc1N1CCN(C)CC1. The molecule has 2 N–H and O–H groups in total. The van der Waals surface area contributed by atoms with Crippen LogP contribution >= 0.6 is 11.3 Å². The van der Waals surface area contributed by atoms with Crippen LogP contribution in [0.15, 0.2) is 41.8 Å². The van der Waals surface area contributed by atoms with Crippen molar-refractivity contribution in [1.82, 2.24) is 15.5 Å². The highest BCUT2D eigenvalue weighted by atomic mass is 32.1. The summed E-state index contributed by atoms with van der Waals surface area (Å²) in [5.74, 6) is -0.364. The molecule has 1 saturated heterocycles. The number of rotatable bonds is 7. The quantitative estimate of drug-likeness (QED) is 0.731. The molecule has 0 spiro atoms. The van der Waals surface area contributed by atoms with E-state index in [1.54, 1.807) is 6.07 Å². The van der Waals surface area contributed by atoms with Crippen molar-refractivity contribution in [3.05, 3.63) is 52.2 Å². The molecule has 1 atom stereocenters. The number of benzene rings is 1. The van der Waals surface area contributed by atoms with Crippen LogP contribution in [0.2, 0.25) is 0 Å². The third-order valence-corrected chi connectivity index (χ3v) is 6.14. The average molecular weight is 415 g/mol. The summed E-state index contributed by atoms with van der Waals surface area (Å²) >= 11 is 1.37. The number of likely N-dealkylation sites (N-methyl/N-ethyl adjacent to an activating group) is 1. The van der Waals surface area contributed by atoms with Crippen molar-refractivity contribution in [3.63, 3.8) is 0 Å². The molecule has 29 heavy (non-hydrogen) atoms. The smallest absolute Gasteiger partial charge is 0.262 e. The number of carbonyl (C=O) groups excluding carboxylic acids is 2. The summed E-state index contributed by atoms with van der Waals surface area (Å²) in [6.45, 7) is 8.35. The van der Waals surface area contributed by atoms with E-state index in [0.717, 1.165) is 31.7 Å². The van der Waals surface area contributed by atoms with Gasteiger partial charge in [0.05, 0.1) is 4.88 Å². The molecular formula is C22H30N4O2S. The molecule has 0 bridgehead atoms. The Hall–Kier alpha value is -2.38. The maximum atomic E-state index is 12.9. The van der Waals surface area contributed by atoms with Gasteiger partial charge in [-0.25, -0.2) is 0 Å². The minimum atomic E-state index is -0.569. The maximum Gasteiger partial charge on any atom is 0.262 e. The second-order valence-electron chi connectivity index (χ2n) is 7.81. The van der Waals surface area contributed by atoms with Crippen molar-refractivity contribution >= 4 is 28.8 Å². The number of carbonyl (C=O) groups is 2. The Morgan fingerprint density at radius 2 is 1.79 bits per heavy atom. The van der Waals surface area contributed by atoms with Crippen LogP contribution in [0.5, 0.6) is 0 Å². The fourth-order valence-corrected chi connectivity index (χ4v) is 4.09. The molecule has 3 rings (SSSR count). The van der Waals surface area contributed by atoms with E-state index in [0.29, 0.717) is 11.4 Å². The Labute approximate surface area is 176 Å². The van der Waals surface area contributed by atoms with Crippen LogP contribution in [0.3, 0.4) is 0 Å². The molecule has 2 aromatic rings. The summed E-state index contributed by atoms with van der Waals surface area (Å²) in [4.78, 5) is 30.6. The molecule has 1 aliphatic rings. The van der Waals surface area contributed by atoms with Crippen molar-refractivity contribution in [3.8, 4) is 0 Å². The van der Waals surface area contributed by atoms with Crippen LogP contribution < -0.4 is 15.5 Å². The number of anilines is 1. The van der Waals surface area contributed by atoms with Crippen LogP contribution in [0.1, 0.15) is 29.1 Å². The van der Waals surface area contributed by atoms with E-state index in [-0.39, 0.29) is 17.7 Å². The highest BCUT2D eigenvalue weighted by Gasteiger charge is 2.25. The summed E-state index contributed by atoms with van der Waals surface area (Å²) in [5.41, 5.74) is 2.27. The Morgan fingerprint density at radius 1 is 1.07 bits per heavy atom. The predicted molar refractivity (Wildman–Crippen MR) is 118 cm³/mol. The zero-order chi connectivity index (χ0) is 20.8. The van der Waals surface area contributed by atoms with E-state index >= 15 is 0 Å². The molecule has 1 unspecified atom stereocenters. The standard InChI is InChI=1S/C22H30N4O2S/c1-16(2)20(24-21(27)19-9-6-14-29-19)22(28)23-15-17-7-4-5-8-18(17)26-12-10-25(3)11-13-26/h4-9,14,16,20H,10-13,15H2,1-3H3,(H,23,28)(H,24,27). The largest absolute Gasteiger partial charge is 0.369 e. The lowest BCUT2D eigenvalue weighted by Crippen LogP contribution is -2.49. The first-order valence-electron chi connectivity index (χ1n) is 10.1. The van der Waals surface area contributed by atoms with Gasteiger partial charge in [0.25, 0.3) is 5.91 Å². The summed E-state index contributed by atoms with van der Waals surface area (Å²) in [7, 11) is 2.14. The summed E-state index contributed by atoms with van der Waals surface area (Å²) in [6, 6.07) is 11.2. The topological polar surface area (TPSA) is 64.7 Å². The third-order valence-electron chi connectivity index (χ3n) is 5.27. The molecule has 0 saturated carbocycles. The van der Waals surface area contributed by atoms with Gasteiger partial charge in [-0.1, -0.05) is 38.1 Å². The van der Waals surface area contributed by atoms with Gasteiger partial charge >= 0.3 is 0 Å². The van der Waals surface area contributed by atoms with E-state index in [1.165, 1.54) is 17.0 Å². The van der Waals surface area contributed by atoms with Crippen LogP contribution in [0, 0.1) is 5.92 Å². The molecule has 1 aromatic heterocycles. The Balaban J connectivity index is 1.63. The van der Waals surface area contributed by atoms with Gasteiger partial charge in [0.15, 0.2) is 0 Å². The monoisotopic (exact) mass is 414 g/mol. The highest BCUT2D eigenvalue weighted by molar-refractivity contribution is 7.12. The number of thiophene rings is 1.